The van der Waals surface area contributed by atoms with Gasteiger partial charge in [0.1, 0.15) is 0 Å². The van der Waals surface area contributed by atoms with Crippen molar-refractivity contribution in [3.63, 3.8) is 0 Å². The lowest BCUT2D eigenvalue weighted by atomic mass is 9.94. The molecule has 0 aromatic carbocycles. The van der Waals surface area contributed by atoms with E-state index < -0.39 is 0 Å². The fraction of sp³-hybridized carbons (Fsp3) is 1.00. The molecule has 60 valence electrons. The van der Waals surface area contributed by atoms with E-state index in [9.17, 15) is 0 Å². The molecule has 0 aromatic rings. The molecular weight excluding hydrogens is 126 g/mol. The van der Waals surface area contributed by atoms with Crippen molar-refractivity contribution < 1.29 is 4.74 Å². The normalized spacial score (nSPS) is 26.7. The molecule has 1 aliphatic heterocycles. The minimum Gasteiger partial charge on any atom is -0.378 e. The van der Waals surface area contributed by atoms with Gasteiger partial charge in [-0.2, -0.15) is 0 Å². The number of piperidine rings is 1. The average molecular weight is 143 g/mol. The van der Waals surface area contributed by atoms with Gasteiger partial charge in [-0.1, -0.05) is 0 Å². The molecule has 0 radical (unpaired) electrons. The van der Waals surface area contributed by atoms with Crippen LogP contribution >= 0.6 is 0 Å². The largest absolute Gasteiger partial charge is 0.378 e. The van der Waals surface area contributed by atoms with Gasteiger partial charge in [-0.05, 0) is 26.8 Å². The van der Waals surface area contributed by atoms with Crippen LogP contribution in [0.25, 0.3) is 0 Å². The van der Waals surface area contributed by atoms with Crippen molar-refractivity contribution in [3.05, 3.63) is 0 Å². The van der Waals surface area contributed by atoms with Crippen molar-refractivity contribution >= 4 is 0 Å². The molecule has 2 nitrogen and oxygen atoms in total. The molecule has 10 heavy (non-hydrogen) atoms. The molecular formula is C8H17NO. The van der Waals surface area contributed by atoms with Crippen LogP contribution in [-0.2, 0) is 4.74 Å². The lowest BCUT2D eigenvalue weighted by Gasteiger charge is -2.36. The Morgan fingerprint density at radius 1 is 1.30 bits per heavy atom. The number of rotatable bonds is 1. The van der Waals surface area contributed by atoms with Crippen LogP contribution in [0.15, 0.2) is 0 Å². The molecule has 1 aliphatic rings. The minimum atomic E-state index is 0.159. The maximum atomic E-state index is 5.40. The summed E-state index contributed by atoms with van der Waals surface area (Å²) in [4.78, 5) is 2.35. The van der Waals surface area contributed by atoms with E-state index in [0.717, 1.165) is 0 Å². The van der Waals surface area contributed by atoms with Gasteiger partial charge in [0.25, 0.3) is 0 Å². The smallest absolute Gasteiger partial charge is 0.0675 e. The van der Waals surface area contributed by atoms with E-state index in [2.05, 4.69) is 18.9 Å². The van der Waals surface area contributed by atoms with Gasteiger partial charge < -0.3 is 9.64 Å². The van der Waals surface area contributed by atoms with Gasteiger partial charge in [0.15, 0.2) is 0 Å². The Bertz CT molecular complexity index is 106. The molecule has 0 atom stereocenters. The van der Waals surface area contributed by atoms with Crippen LogP contribution in [-0.4, -0.2) is 37.7 Å². The van der Waals surface area contributed by atoms with Crippen LogP contribution in [0.3, 0.4) is 0 Å². The third-order valence-electron chi connectivity index (χ3n) is 2.54. The highest BCUT2D eigenvalue weighted by molar-refractivity contribution is 4.81. The van der Waals surface area contributed by atoms with Gasteiger partial charge in [-0.25, -0.2) is 0 Å². The number of nitrogens with zero attached hydrogens (tertiary/aromatic N) is 1. The van der Waals surface area contributed by atoms with Crippen LogP contribution in [0.1, 0.15) is 19.8 Å². The Kier molecular flexibility index (Phi) is 2.32. The molecule has 0 aromatic heterocycles. The first kappa shape index (κ1) is 8.02. The summed E-state index contributed by atoms with van der Waals surface area (Å²) in [5, 5.41) is 0. The van der Waals surface area contributed by atoms with Crippen LogP contribution in [0.2, 0.25) is 0 Å². The molecule has 0 bridgehead atoms. The quantitative estimate of drug-likeness (QED) is 0.545. The van der Waals surface area contributed by atoms with Crippen LogP contribution < -0.4 is 0 Å². The first-order valence-electron chi connectivity index (χ1n) is 3.90. The Hall–Kier alpha value is -0.0800. The monoisotopic (exact) mass is 143 g/mol. The minimum absolute atomic E-state index is 0.159. The Labute approximate surface area is 63.2 Å². The highest BCUT2D eigenvalue weighted by Gasteiger charge is 2.27. The summed E-state index contributed by atoms with van der Waals surface area (Å²) in [5.41, 5.74) is 0.159. The maximum Gasteiger partial charge on any atom is 0.0675 e. The zero-order valence-electron chi connectivity index (χ0n) is 7.18. The lowest BCUT2D eigenvalue weighted by Crippen LogP contribution is -2.41. The average Bonchev–Trinajstić information content (AvgIpc) is 1.96. The predicted octanol–water partition coefficient (Wildman–Crippen LogP) is 1.12. The Morgan fingerprint density at radius 3 is 2.20 bits per heavy atom. The summed E-state index contributed by atoms with van der Waals surface area (Å²) in [6.45, 7) is 4.54. The van der Waals surface area contributed by atoms with Crippen molar-refractivity contribution in [2.45, 2.75) is 25.4 Å². The fourth-order valence-electron chi connectivity index (χ4n) is 1.30. The van der Waals surface area contributed by atoms with Crippen LogP contribution in [0, 0.1) is 0 Å². The van der Waals surface area contributed by atoms with Gasteiger partial charge in [0, 0.05) is 20.2 Å². The topological polar surface area (TPSA) is 12.5 Å². The zero-order valence-corrected chi connectivity index (χ0v) is 7.18. The molecule has 1 rings (SSSR count). The molecule has 2 heteroatoms. The molecule has 1 fully saturated rings. The molecule has 0 N–H and O–H groups in total. The summed E-state index contributed by atoms with van der Waals surface area (Å²) in [6.07, 6.45) is 2.33. The molecule has 0 amide bonds. The van der Waals surface area contributed by atoms with Crippen LogP contribution in [0.5, 0.6) is 0 Å². The van der Waals surface area contributed by atoms with Gasteiger partial charge in [-0.3, -0.25) is 0 Å². The standard InChI is InChI=1S/C8H17NO/c1-8(10-3)4-6-9(2)7-5-8/h4-7H2,1-3H3. The van der Waals surface area contributed by atoms with Gasteiger partial charge in [-0.15, -0.1) is 0 Å². The van der Waals surface area contributed by atoms with Crippen molar-refractivity contribution in [2.75, 3.05) is 27.2 Å². The van der Waals surface area contributed by atoms with Crippen molar-refractivity contribution in [2.24, 2.45) is 0 Å². The van der Waals surface area contributed by atoms with E-state index >= 15 is 0 Å². The highest BCUT2D eigenvalue weighted by Crippen LogP contribution is 2.23. The van der Waals surface area contributed by atoms with E-state index in [1.54, 1.807) is 0 Å². The van der Waals surface area contributed by atoms with E-state index in [1.165, 1.54) is 25.9 Å². The maximum absolute atomic E-state index is 5.40. The number of hydrogen-bond acceptors (Lipinski definition) is 2. The summed E-state index contributed by atoms with van der Waals surface area (Å²) >= 11 is 0. The summed E-state index contributed by atoms with van der Waals surface area (Å²) < 4.78 is 5.40. The molecule has 1 heterocycles. The SMILES string of the molecule is COC1(C)CCN(C)CC1. The van der Waals surface area contributed by atoms with Gasteiger partial charge in [0.2, 0.25) is 0 Å². The van der Waals surface area contributed by atoms with E-state index in [4.69, 9.17) is 4.74 Å². The van der Waals surface area contributed by atoms with Gasteiger partial charge in [0.05, 0.1) is 5.60 Å². The fourth-order valence-corrected chi connectivity index (χ4v) is 1.30. The second kappa shape index (κ2) is 2.89. The third kappa shape index (κ3) is 1.70. The lowest BCUT2D eigenvalue weighted by molar-refractivity contribution is -0.0382. The number of likely N-dealkylation sites (tertiary alicyclic amines) is 1. The first-order chi connectivity index (χ1) is 4.66. The summed E-state index contributed by atoms with van der Waals surface area (Å²) in [5.74, 6) is 0. The van der Waals surface area contributed by atoms with Crippen molar-refractivity contribution in [1.29, 1.82) is 0 Å². The number of hydrogen-bond donors (Lipinski definition) is 0. The summed E-state index contributed by atoms with van der Waals surface area (Å²) in [6, 6.07) is 0. The molecule has 0 saturated carbocycles. The Morgan fingerprint density at radius 2 is 1.80 bits per heavy atom. The first-order valence-corrected chi connectivity index (χ1v) is 3.90. The molecule has 0 spiro atoms. The predicted molar refractivity (Wildman–Crippen MR) is 42.1 cm³/mol. The van der Waals surface area contributed by atoms with Gasteiger partial charge >= 0.3 is 0 Å². The van der Waals surface area contributed by atoms with E-state index in [0.29, 0.717) is 0 Å². The molecule has 0 unspecified atom stereocenters. The summed E-state index contributed by atoms with van der Waals surface area (Å²) in [7, 11) is 3.97. The molecule has 0 aliphatic carbocycles. The Balaban J connectivity index is 2.38. The zero-order chi connectivity index (χ0) is 7.61. The highest BCUT2D eigenvalue weighted by atomic mass is 16.5. The van der Waals surface area contributed by atoms with E-state index in [1.807, 2.05) is 7.11 Å². The van der Waals surface area contributed by atoms with E-state index in [-0.39, 0.29) is 5.60 Å². The van der Waals surface area contributed by atoms with Crippen molar-refractivity contribution in [1.82, 2.24) is 4.90 Å². The number of methoxy groups -OCH3 is 1. The number of ether oxygens (including phenoxy) is 1. The molecule has 1 saturated heterocycles. The van der Waals surface area contributed by atoms with Crippen molar-refractivity contribution in [3.8, 4) is 0 Å². The second-order valence-electron chi connectivity index (χ2n) is 3.46. The van der Waals surface area contributed by atoms with Crippen LogP contribution in [0.4, 0.5) is 0 Å². The third-order valence-corrected chi connectivity index (χ3v) is 2.54. The second-order valence-corrected chi connectivity index (χ2v) is 3.46.